The van der Waals surface area contributed by atoms with E-state index in [1.165, 1.54) is 12.8 Å². The third-order valence-electron chi connectivity index (χ3n) is 3.17. The molecule has 6 nitrogen and oxygen atoms in total. The van der Waals surface area contributed by atoms with Gasteiger partial charge in [0, 0.05) is 31.8 Å². The Hall–Kier alpha value is -1.40. The fraction of sp³-hybridized carbons (Fsp3) is 0.692. The van der Waals surface area contributed by atoms with E-state index in [4.69, 9.17) is 10.5 Å². The summed E-state index contributed by atoms with van der Waals surface area (Å²) in [5.74, 6) is 1.87. The highest BCUT2D eigenvalue weighted by molar-refractivity contribution is 5.44. The molecule has 1 saturated carbocycles. The Kier molecular flexibility index (Phi) is 4.93. The number of nitrogens with one attached hydrogen (secondary N) is 1. The number of aromatic nitrogens is 2. The van der Waals surface area contributed by atoms with Crippen molar-refractivity contribution < 1.29 is 4.74 Å². The van der Waals surface area contributed by atoms with Gasteiger partial charge in [0.15, 0.2) is 5.82 Å². The number of nitrogen functional groups attached to an aromatic ring is 1. The largest absolute Gasteiger partial charge is 0.384 e. The second-order valence-electron chi connectivity index (χ2n) is 4.87. The fourth-order valence-corrected chi connectivity index (χ4v) is 1.92. The van der Waals surface area contributed by atoms with Crippen LogP contribution in [0.5, 0.6) is 0 Å². The molecule has 1 aromatic heterocycles. The normalized spacial score (nSPS) is 14.9. The van der Waals surface area contributed by atoms with Gasteiger partial charge < -0.3 is 20.7 Å². The molecule has 106 valence electrons. The van der Waals surface area contributed by atoms with Crippen LogP contribution in [-0.2, 0) is 11.3 Å². The standard InChI is InChI=1S/C13H23N5O/c1-3-19-9-13-16-11(14)8-12(17-13)15-6-7-18(2)10-4-5-10/h8,10H,3-7,9H2,1-2H3,(H3,14,15,16,17). The predicted molar refractivity (Wildman–Crippen MR) is 75.9 cm³/mol. The van der Waals surface area contributed by atoms with Gasteiger partial charge in [0.05, 0.1) is 0 Å². The molecule has 1 aromatic rings. The number of hydrogen-bond donors (Lipinski definition) is 2. The summed E-state index contributed by atoms with van der Waals surface area (Å²) in [6.07, 6.45) is 2.66. The van der Waals surface area contributed by atoms with Crippen molar-refractivity contribution in [3.05, 3.63) is 11.9 Å². The van der Waals surface area contributed by atoms with Crippen LogP contribution in [0.25, 0.3) is 0 Å². The number of nitrogens with two attached hydrogens (primary N) is 1. The van der Waals surface area contributed by atoms with Gasteiger partial charge in [-0.3, -0.25) is 0 Å². The molecule has 1 aliphatic carbocycles. The van der Waals surface area contributed by atoms with Gasteiger partial charge in [-0.2, -0.15) is 0 Å². The summed E-state index contributed by atoms with van der Waals surface area (Å²) in [6, 6.07) is 2.54. The molecule has 6 heteroatoms. The Labute approximate surface area is 114 Å². The summed E-state index contributed by atoms with van der Waals surface area (Å²) in [4.78, 5) is 10.9. The first-order valence-electron chi connectivity index (χ1n) is 6.84. The van der Waals surface area contributed by atoms with Crippen LogP contribution in [-0.4, -0.2) is 47.7 Å². The fourth-order valence-electron chi connectivity index (χ4n) is 1.92. The van der Waals surface area contributed by atoms with Gasteiger partial charge in [0.25, 0.3) is 0 Å². The van der Waals surface area contributed by atoms with E-state index in [0.29, 0.717) is 24.9 Å². The SMILES string of the molecule is CCOCc1nc(N)cc(NCCN(C)C2CC2)n1. The minimum absolute atomic E-state index is 0.401. The number of rotatable bonds is 8. The highest BCUT2D eigenvalue weighted by Crippen LogP contribution is 2.24. The van der Waals surface area contributed by atoms with Gasteiger partial charge >= 0.3 is 0 Å². The Morgan fingerprint density at radius 2 is 2.26 bits per heavy atom. The Balaban J connectivity index is 1.82. The lowest BCUT2D eigenvalue weighted by molar-refractivity contribution is 0.128. The van der Waals surface area contributed by atoms with Gasteiger partial charge in [0.1, 0.15) is 18.2 Å². The zero-order valence-corrected chi connectivity index (χ0v) is 11.7. The van der Waals surface area contributed by atoms with E-state index in [-0.39, 0.29) is 0 Å². The molecule has 0 aliphatic heterocycles. The van der Waals surface area contributed by atoms with Gasteiger partial charge in [0.2, 0.25) is 0 Å². The molecule has 0 atom stereocenters. The first kappa shape index (κ1) is 14.0. The Morgan fingerprint density at radius 3 is 2.95 bits per heavy atom. The molecule has 0 bridgehead atoms. The maximum atomic E-state index is 5.76. The molecule has 1 heterocycles. The first-order chi connectivity index (χ1) is 9.19. The molecule has 3 N–H and O–H groups in total. The molecule has 0 aromatic carbocycles. The minimum Gasteiger partial charge on any atom is -0.384 e. The second kappa shape index (κ2) is 6.68. The lowest BCUT2D eigenvalue weighted by atomic mass is 10.4. The van der Waals surface area contributed by atoms with Crippen molar-refractivity contribution in [3.63, 3.8) is 0 Å². The van der Waals surface area contributed by atoms with Crippen molar-refractivity contribution >= 4 is 11.6 Å². The average Bonchev–Trinajstić information content (AvgIpc) is 3.20. The summed E-state index contributed by atoms with van der Waals surface area (Å²) in [6.45, 7) is 4.86. The molecule has 1 fully saturated rings. The van der Waals surface area contributed by atoms with Gasteiger partial charge in [-0.15, -0.1) is 0 Å². The summed E-state index contributed by atoms with van der Waals surface area (Å²) in [5.41, 5.74) is 5.76. The van der Waals surface area contributed by atoms with Crippen LogP contribution >= 0.6 is 0 Å². The molecule has 0 radical (unpaired) electrons. The molecule has 0 spiro atoms. The third-order valence-corrected chi connectivity index (χ3v) is 3.17. The maximum Gasteiger partial charge on any atom is 0.158 e. The minimum atomic E-state index is 0.401. The van der Waals surface area contributed by atoms with Crippen molar-refractivity contribution in [1.29, 1.82) is 0 Å². The number of nitrogens with zero attached hydrogens (tertiary/aromatic N) is 3. The quantitative estimate of drug-likeness (QED) is 0.733. The van der Waals surface area contributed by atoms with Crippen molar-refractivity contribution in [2.24, 2.45) is 0 Å². The lowest BCUT2D eigenvalue weighted by Crippen LogP contribution is -2.27. The predicted octanol–water partition coefficient (Wildman–Crippen LogP) is 1.10. The summed E-state index contributed by atoms with van der Waals surface area (Å²) < 4.78 is 5.30. The molecular formula is C13H23N5O. The van der Waals surface area contributed by atoms with Crippen molar-refractivity contribution in [1.82, 2.24) is 14.9 Å². The topological polar surface area (TPSA) is 76.3 Å². The van der Waals surface area contributed by atoms with Crippen molar-refractivity contribution in [2.75, 3.05) is 37.8 Å². The van der Waals surface area contributed by atoms with E-state index >= 15 is 0 Å². The number of anilines is 2. The van der Waals surface area contributed by atoms with E-state index in [1.54, 1.807) is 6.07 Å². The van der Waals surface area contributed by atoms with E-state index in [9.17, 15) is 0 Å². The second-order valence-corrected chi connectivity index (χ2v) is 4.87. The van der Waals surface area contributed by atoms with E-state index in [2.05, 4.69) is 27.2 Å². The van der Waals surface area contributed by atoms with Crippen LogP contribution in [0, 0.1) is 0 Å². The first-order valence-corrected chi connectivity index (χ1v) is 6.84. The van der Waals surface area contributed by atoms with E-state index in [1.807, 2.05) is 6.92 Å². The average molecular weight is 265 g/mol. The van der Waals surface area contributed by atoms with Crippen LogP contribution in [0.2, 0.25) is 0 Å². The highest BCUT2D eigenvalue weighted by Gasteiger charge is 2.25. The molecule has 2 rings (SSSR count). The van der Waals surface area contributed by atoms with Gasteiger partial charge in [-0.25, -0.2) is 9.97 Å². The maximum absolute atomic E-state index is 5.76. The van der Waals surface area contributed by atoms with Gasteiger partial charge in [-0.05, 0) is 26.8 Å². The van der Waals surface area contributed by atoms with E-state index < -0.39 is 0 Å². The molecule has 19 heavy (non-hydrogen) atoms. The van der Waals surface area contributed by atoms with Gasteiger partial charge in [-0.1, -0.05) is 0 Å². The molecular weight excluding hydrogens is 242 g/mol. The molecule has 0 amide bonds. The molecule has 0 saturated heterocycles. The third kappa shape index (κ3) is 4.65. The van der Waals surface area contributed by atoms with Crippen LogP contribution in [0.3, 0.4) is 0 Å². The number of likely N-dealkylation sites (N-methyl/N-ethyl adjacent to an activating group) is 1. The number of hydrogen-bond acceptors (Lipinski definition) is 6. The Bertz CT molecular complexity index is 408. The number of ether oxygens (including phenoxy) is 1. The molecule has 1 aliphatic rings. The summed E-state index contributed by atoms with van der Waals surface area (Å²) in [7, 11) is 2.16. The zero-order valence-electron chi connectivity index (χ0n) is 11.7. The van der Waals surface area contributed by atoms with Crippen LogP contribution < -0.4 is 11.1 Å². The van der Waals surface area contributed by atoms with Crippen LogP contribution in [0.1, 0.15) is 25.6 Å². The van der Waals surface area contributed by atoms with E-state index in [0.717, 1.165) is 24.9 Å². The van der Waals surface area contributed by atoms with Crippen molar-refractivity contribution in [2.45, 2.75) is 32.4 Å². The molecule has 0 unspecified atom stereocenters. The van der Waals surface area contributed by atoms with Crippen molar-refractivity contribution in [3.8, 4) is 0 Å². The lowest BCUT2D eigenvalue weighted by Gasteiger charge is -2.16. The summed E-state index contributed by atoms with van der Waals surface area (Å²) in [5, 5.41) is 3.29. The summed E-state index contributed by atoms with van der Waals surface area (Å²) >= 11 is 0. The van der Waals surface area contributed by atoms with Crippen LogP contribution in [0.4, 0.5) is 11.6 Å². The smallest absolute Gasteiger partial charge is 0.158 e. The van der Waals surface area contributed by atoms with Crippen LogP contribution in [0.15, 0.2) is 6.07 Å². The highest BCUT2D eigenvalue weighted by atomic mass is 16.5. The Morgan fingerprint density at radius 1 is 1.47 bits per heavy atom. The monoisotopic (exact) mass is 265 g/mol. The zero-order chi connectivity index (χ0) is 13.7.